The number of sulfonamides is 1. The smallest absolute Gasteiger partial charge is 0.262 e. The van der Waals surface area contributed by atoms with E-state index in [9.17, 15) is 13.2 Å². The molecule has 0 radical (unpaired) electrons. The van der Waals surface area contributed by atoms with E-state index in [0.717, 1.165) is 11.3 Å². The minimum Gasteiger partial charge on any atom is -0.490 e. The summed E-state index contributed by atoms with van der Waals surface area (Å²) in [5, 5.41) is 2.58. The van der Waals surface area contributed by atoms with Gasteiger partial charge in [-0.15, -0.1) is 11.8 Å². The van der Waals surface area contributed by atoms with Crippen LogP contribution in [0.1, 0.15) is 18.9 Å². The quantitative estimate of drug-likeness (QED) is 0.442. The third kappa shape index (κ3) is 6.03. The number of thioether (sulfide) groups is 1. The van der Waals surface area contributed by atoms with E-state index < -0.39 is 10.0 Å². The third-order valence-corrected chi connectivity index (χ3v) is 7.63. The highest BCUT2D eigenvalue weighted by Gasteiger charge is 2.19. The van der Waals surface area contributed by atoms with Gasteiger partial charge in [0, 0.05) is 28.8 Å². The fourth-order valence-corrected chi connectivity index (χ4v) is 5.21. The maximum absolute atomic E-state index is 12.8. The average molecular weight is 499 g/mol. The minimum absolute atomic E-state index is 0.0797. The Balaban J connectivity index is 1.38. The monoisotopic (exact) mass is 498 g/mol. The fourth-order valence-electron chi connectivity index (χ4n) is 3.26. The Morgan fingerprint density at radius 1 is 0.912 bits per heavy atom. The lowest BCUT2D eigenvalue weighted by Gasteiger charge is -2.14. The normalized spacial score (nSPS) is 14.1. The first kappa shape index (κ1) is 24.0. The summed E-state index contributed by atoms with van der Waals surface area (Å²) in [5.74, 6) is 0.813. The second-order valence-corrected chi connectivity index (χ2v) is 11.0. The van der Waals surface area contributed by atoms with Crippen molar-refractivity contribution in [2.45, 2.75) is 35.3 Å². The summed E-state index contributed by atoms with van der Waals surface area (Å²) in [4.78, 5) is 13.7. The Morgan fingerprint density at radius 3 is 2.26 bits per heavy atom. The zero-order chi connectivity index (χ0) is 24.1. The molecule has 178 valence electrons. The first-order valence-electron chi connectivity index (χ1n) is 10.9. The van der Waals surface area contributed by atoms with E-state index in [-0.39, 0.29) is 16.1 Å². The molecule has 0 spiro atoms. The van der Waals surface area contributed by atoms with Crippen LogP contribution in [-0.2, 0) is 14.8 Å². The molecule has 0 saturated carbocycles. The van der Waals surface area contributed by atoms with Crippen molar-refractivity contribution < 1.29 is 22.7 Å². The Hall–Kier alpha value is -3.17. The van der Waals surface area contributed by atoms with E-state index in [1.165, 1.54) is 29.5 Å². The molecule has 1 atom stereocenters. The predicted octanol–water partition coefficient (Wildman–Crippen LogP) is 5.08. The maximum Gasteiger partial charge on any atom is 0.262 e. The summed E-state index contributed by atoms with van der Waals surface area (Å²) in [7, 11) is -3.82. The second kappa shape index (κ2) is 10.4. The number of hydrogen-bond acceptors (Lipinski definition) is 6. The van der Waals surface area contributed by atoms with Crippen molar-refractivity contribution in [1.82, 2.24) is 0 Å². The molecule has 3 aromatic rings. The average Bonchev–Trinajstić information content (AvgIpc) is 3.06. The molecule has 9 heteroatoms. The molecule has 7 nitrogen and oxygen atoms in total. The van der Waals surface area contributed by atoms with Gasteiger partial charge in [-0.1, -0.05) is 17.7 Å². The molecule has 1 aliphatic heterocycles. The fraction of sp³-hybridized carbons (Fsp3) is 0.240. The number of anilines is 2. The molecule has 0 fully saturated rings. The van der Waals surface area contributed by atoms with Crippen LogP contribution in [0.5, 0.6) is 11.5 Å². The number of aryl methyl sites for hydroxylation is 1. The summed E-state index contributed by atoms with van der Waals surface area (Å²) in [5.41, 5.74) is 2.13. The topological polar surface area (TPSA) is 93.7 Å². The summed E-state index contributed by atoms with van der Waals surface area (Å²) in [6, 6.07) is 19.1. The van der Waals surface area contributed by atoms with Crippen LogP contribution in [0.3, 0.4) is 0 Å². The zero-order valence-corrected chi connectivity index (χ0v) is 20.5. The molecule has 2 N–H and O–H groups in total. The number of fused-ring (bicyclic) bond motifs is 1. The maximum atomic E-state index is 12.8. The standard InChI is InChI=1S/C25H26N2O5S2/c1-17-4-10-21(11-5-17)33-18(2)25(28)26-19-6-8-20(9-7-19)27-34(29,30)22-12-13-23-24(16-22)32-15-3-14-31-23/h4-13,16,18,27H,3,14-15H2,1-2H3,(H,26,28)/t18-/m0/s1. The van der Waals surface area contributed by atoms with Gasteiger partial charge in [0.15, 0.2) is 11.5 Å². The third-order valence-electron chi connectivity index (χ3n) is 5.14. The first-order valence-corrected chi connectivity index (χ1v) is 13.2. The number of carbonyl (C=O) groups excluding carboxylic acids is 1. The SMILES string of the molecule is Cc1ccc(S[C@@H](C)C(=O)Nc2ccc(NS(=O)(=O)c3ccc4c(c3)OCCCO4)cc2)cc1. The Labute approximate surface area is 203 Å². The molecular formula is C25H26N2O5S2. The van der Waals surface area contributed by atoms with Gasteiger partial charge in [0.25, 0.3) is 10.0 Å². The van der Waals surface area contributed by atoms with Gasteiger partial charge in [0.2, 0.25) is 5.91 Å². The lowest BCUT2D eigenvalue weighted by Crippen LogP contribution is -2.22. The highest BCUT2D eigenvalue weighted by Crippen LogP contribution is 2.32. The molecule has 34 heavy (non-hydrogen) atoms. The lowest BCUT2D eigenvalue weighted by atomic mass is 10.2. The van der Waals surface area contributed by atoms with Crippen LogP contribution in [0.2, 0.25) is 0 Å². The van der Waals surface area contributed by atoms with Crippen molar-refractivity contribution >= 4 is 39.1 Å². The van der Waals surface area contributed by atoms with Crippen LogP contribution >= 0.6 is 11.8 Å². The van der Waals surface area contributed by atoms with E-state index in [1.54, 1.807) is 30.3 Å². The van der Waals surface area contributed by atoms with Gasteiger partial charge in [0.05, 0.1) is 23.4 Å². The minimum atomic E-state index is -3.82. The van der Waals surface area contributed by atoms with Crippen molar-refractivity contribution in [1.29, 1.82) is 0 Å². The van der Waals surface area contributed by atoms with Crippen molar-refractivity contribution in [2.24, 2.45) is 0 Å². The summed E-state index contributed by atoms with van der Waals surface area (Å²) in [6.45, 7) is 4.87. The van der Waals surface area contributed by atoms with Crippen LogP contribution in [0.25, 0.3) is 0 Å². The van der Waals surface area contributed by atoms with E-state index in [4.69, 9.17) is 9.47 Å². The van der Waals surface area contributed by atoms with E-state index in [2.05, 4.69) is 10.0 Å². The van der Waals surface area contributed by atoms with Gasteiger partial charge in [-0.05, 0) is 62.4 Å². The molecule has 0 bridgehead atoms. The van der Waals surface area contributed by atoms with Crippen molar-refractivity contribution in [3.63, 3.8) is 0 Å². The molecular weight excluding hydrogens is 472 g/mol. The van der Waals surface area contributed by atoms with Gasteiger partial charge in [-0.2, -0.15) is 0 Å². The molecule has 0 unspecified atom stereocenters. The lowest BCUT2D eigenvalue weighted by molar-refractivity contribution is -0.115. The van der Waals surface area contributed by atoms with Crippen molar-refractivity contribution in [2.75, 3.05) is 23.3 Å². The van der Waals surface area contributed by atoms with Crippen LogP contribution in [0.15, 0.2) is 76.5 Å². The number of ether oxygens (including phenoxy) is 2. The van der Waals surface area contributed by atoms with Gasteiger partial charge in [-0.25, -0.2) is 8.42 Å². The number of benzene rings is 3. The van der Waals surface area contributed by atoms with Gasteiger partial charge < -0.3 is 14.8 Å². The predicted molar refractivity (Wildman–Crippen MR) is 134 cm³/mol. The molecule has 0 saturated heterocycles. The number of nitrogens with one attached hydrogen (secondary N) is 2. The van der Waals surface area contributed by atoms with Crippen molar-refractivity contribution in [3.8, 4) is 11.5 Å². The van der Waals surface area contributed by atoms with Gasteiger partial charge in [-0.3, -0.25) is 9.52 Å². The number of hydrogen-bond donors (Lipinski definition) is 2. The molecule has 0 aliphatic carbocycles. The van der Waals surface area contributed by atoms with Crippen LogP contribution in [0.4, 0.5) is 11.4 Å². The molecule has 4 rings (SSSR count). The summed E-state index contributed by atoms with van der Waals surface area (Å²) >= 11 is 1.48. The second-order valence-electron chi connectivity index (χ2n) is 7.90. The molecule has 1 aliphatic rings. The van der Waals surface area contributed by atoms with Gasteiger partial charge >= 0.3 is 0 Å². The molecule has 3 aromatic carbocycles. The largest absolute Gasteiger partial charge is 0.490 e. The Bertz CT molecular complexity index is 1260. The zero-order valence-electron chi connectivity index (χ0n) is 18.9. The van der Waals surface area contributed by atoms with Crippen molar-refractivity contribution in [3.05, 3.63) is 72.3 Å². The number of rotatable bonds is 7. The van der Waals surface area contributed by atoms with E-state index >= 15 is 0 Å². The van der Waals surface area contributed by atoms with Gasteiger partial charge in [0.1, 0.15) is 0 Å². The van der Waals surface area contributed by atoms with E-state index in [1.807, 2.05) is 38.1 Å². The van der Waals surface area contributed by atoms with Crippen LogP contribution in [0, 0.1) is 6.92 Å². The molecule has 1 heterocycles. The summed E-state index contributed by atoms with van der Waals surface area (Å²) in [6.07, 6.45) is 0.737. The highest BCUT2D eigenvalue weighted by molar-refractivity contribution is 8.00. The summed E-state index contributed by atoms with van der Waals surface area (Å²) < 4.78 is 39.4. The van der Waals surface area contributed by atoms with Crippen LogP contribution < -0.4 is 19.5 Å². The van der Waals surface area contributed by atoms with E-state index in [0.29, 0.717) is 36.1 Å². The molecule has 0 aromatic heterocycles. The van der Waals surface area contributed by atoms with Crippen LogP contribution in [-0.4, -0.2) is 32.8 Å². The number of carbonyl (C=O) groups is 1. The molecule has 1 amide bonds. The Morgan fingerprint density at radius 2 is 1.56 bits per heavy atom. The highest BCUT2D eigenvalue weighted by atomic mass is 32.2. The first-order chi connectivity index (χ1) is 16.3. The Kier molecular flexibility index (Phi) is 7.33. The number of amides is 1.